The lowest BCUT2D eigenvalue weighted by Crippen LogP contribution is -2.51. The summed E-state index contributed by atoms with van der Waals surface area (Å²) in [6.45, 7) is 3.74. The molecule has 3 rings (SSSR count). The van der Waals surface area contributed by atoms with Crippen molar-refractivity contribution in [1.82, 2.24) is 9.80 Å². The third kappa shape index (κ3) is 4.55. The van der Waals surface area contributed by atoms with Crippen LogP contribution in [0.2, 0.25) is 0 Å². The average molecular weight is 369 g/mol. The maximum atomic E-state index is 12.5. The van der Waals surface area contributed by atoms with E-state index < -0.39 is 0 Å². The molecule has 142 valence electrons. The summed E-state index contributed by atoms with van der Waals surface area (Å²) in [4.78, 5) is 41.7. The fourth-order valence-corrected chi connectivity index (χ4v) is 3.16. The zero-order valence-corrected chi connectivity index (χ0v) is 15.3. The summed E-state index contributed by atoms with van der Waals surface area (Å²) in [5.74, 6) is 0.0545. The molecule has 1 fully saturated rings. The quantitative estimate of drug-likeness (QED) is 0.808. The minimum absolute atomic E-state index is 0.0118. The van der Waals surface area contributed by atoms with Crippen LogP contribution in [0.15, 0.2) is 53.1 Å². The van der Waals surface area contributed by atoms with Gasteiger partial charge in [0, 0.05) is 51.8 Å². The maximum absolute atomic E-state index is 12.5. The highest BCUT2D eigenvalue weighted by Gasteiger charge is 2.26. The molecule has 0 radical (unpaired) electrons. The molecule has 1 aliphatic rings. The van der Waals surface area contributed by atoms with Gasteiger partial charge < -0.3 is 19.1 Å². The van der Waals surface area contributed by atoms with Gasteiger partial charge in [-0.05, 0) is 24.3 Å². The van der Waals surface area contributed by atoms with Crippen LogP contribution in [0.25, 0.3) is 0 Å². The summed E-state index contributed by atoms with van der Waals surface area (Å²) in [7, 11) is 0. The maximum Gasteiger partial charge on any atom is 0.289 e. The Bertz CT molecular complexity index is 781. The van der Waals surface area contributed by atoms with E-state index in [4.69, 9.17) is 4.42 Å². The molecule has 7 heteroatoms. The van der Waals surface area contributed by atoms with Crippen molar-refractivity contribution in [3.8, 4) is 0 Å². The highest BCUT2D eigenvalue weighted by Crippen LogP contribution is 2.15. The second-order valence-corrected chi connectivity index (χ2v) is 6.41. The van der Waals surface area contributed by atoms with E-state index in [2.05, 4.69) is 0 Å². The monoisotopic (exact) mass is 369 g/mol. The van der Waals surface area contributed by atoms with Crippen molar-refractivity contribution in [2.45, 2.75) is 13.3 Å². The summed E-state index contributed by atoms with van der Waals surface area (Å²) in [5.41, 5.74) is 0.784. The molecule has 1 aromatic heterocycles. The second-order valence-electron chi connectivity index (χ2n) is 6.41. The van der Waals surface area contributed by atoms with E-state index in [0.29, 0.717) is 38.5 Å². The zero-order valence-electron chi connectivity index (χ0n) is 15.3. The minimum Gasteiger partial charge on any atom is -0.459 e. The number of hydrogen-bond donors (Lipinski definition) is 0. The molecule has 0 bridgehead atoms. The molecule has 1 aliphatic heterocycles. The average Bonchev–Trinajstić information content (AvgIpc) is 3.23. The Morgan fingerprint density at radius 3 is 2.22 bits per heavy atom. The highest BCUT2D eigenvalue weighted by atomic mass is 16.3. The van der Waals surface area contributed by atoms with Crippen molar-refractivity contribution in [3.05, 3.63) is 54.5 Å². The van der Waals surface area contributed by atoms with Crippen molar-refractivity contribution in [2.75, 3.05) is 37.6 Å². The number of amides is 3. The van der Waals surface area contributed by atoms with E-state index in [1.807, 2.05) is 30.3 Å². The van der Waals surface area contributed by atoms with Gasteiger partial charge in [-0.25, -0.2) is 0 Å². The minimum atomic E-state index is -0.154. The lowest BCUT2D eigenvalue weighted by Gasteiger charge is -2.34. The molecule has 7 nitrogen and oxygen atoms in total. The summed E-state index contributed by atoms with van der Waals surface area (Å²) < 4.78 is 5.14. The normalized spacial score (nSPS) is 14.1. The molecule has 2 aromatic rings. The second kappa shape index (κ2) is 8.53. The largest absolute Gasteiger partial charge is 0.459 e. The Kier molecular flexibility index (Phi) is 5.90. The number of carbonyl (C=O) groups is 3. The Balaban J connectivity index is 1.50. The molecular formula is C20H23N3O4. The summed E-state index contributed by atoms with van der Waals surface area (Å²) in [5, 5.41) is 0. The number of benzene rings is 1. The number of hydrogen-bond acceptors (Lipinski definition) is 4. The van der Waals surface area contributed by atoms with E-state index >= 15 is 0 Å². The number of piperazine rings is 1. The molecule has 1 aromatic carbocycles. The summed E-state index contributed by atoms with van der Waals surface area (Å²) >= 11 is 0. The Morgan fingerprint density at radius 1 is 0.963 bits per heavy atom. The number of rotatable bonds is 5. The van der Waals surface area contributed by atoms with Crippen LogP contribution in [0.3, 0.4) is 0 Å². The highest BCUT2D eigenvalue weighted by molar-refractivity contribution is 5.93. The first-order valence-corrected chi connectivity index (χ1v) is 9.00. The van der Waals surface area contributed by atoms with E-state index in [1.54, 1.807) is 26.8 Å². The van der Waals surface area contributed by atoms with Crippen LogP contribution in [-0.4, -0.2) is 60.2 Å². The third-order valence-electron chi connectivity index (χ3n) is 4.65. The lowest BCUT2D eigenvalue weighted by molar-refractivity contribution is -0.132. The Labute approximate surface area is 158 Å². The van der Waals surface area contributed by atoms with Gasteiger partial charge in [0.25, 0.3) is 5.91 Å². The van der Waals surface area contributed by atoms with E-state index in [9.17, 15) is 14.4 Å². The van der Waals surface area contributed by atoms with Crippen molar-refractivity contribution in [3.63, 3.8) is 0 Å². The van der Waals surface area contributed by atoms with Gasteiger partial charge in [0.2, 0.25) is 11.8 Å². The van der Waals surface area contributed by atoms with Gasteiger partial charge in [-0.15, -0.1) is 0 Å². The first-order chi connectivity index (χ1) is 13.1. The summed E-state index contributed by atoms with van der Waals surface area (Å²) in [6, 6.07) is 12.6. The fourth-order valence-electron chi connectivity index (χ4n) is 3.16. The van der Waals surface area contributed by atoms with Gasteiger partial charge in [-0.1, -0.05) is 18.2 Å². The van der Waals surface area contributed by atoms with Crippen LogP contribution in [0.4, 0.5) is 5.69 Å². The first-order valence-electron chi connectivity index (χ1n) is 9.00. The van der Waals surface area contributed by atoms with Gasteiger partial charge in [0.15, 0.2) is 5.76 Å². The molecule has 0 N–H and O–H groups in total. The van der Waals surface area contributed by atoms with Crippen LogP contribution in [0, 0.1) is 0 Å². The molecule has 0 atom stereocenters. The first kappa shape index (κ1) is 18.7. The molecule has 27 heavy (non-hydrogen) atoms. The predicted molar refractivity (Wildman–Crippen MR) is 100 cm³/mol. The fraction of sp³-hybridized carbons (Fsp3) is 0.350. The Morgan fingerprint density at radius 2 is 1.63 bits per heavy atom. The number of carbonyl (C=O) groups excluding carboxylic acids is 3. The van der Waals surface area contributed by atoms with E-state index in [-0.39, 0.29) is 24.1 Å². The van der Waals surface area contributed by atoms with E-state index in [1.165, 1.54) is 13.2 Å². The number of para-hydroxylation sites is 1. The Hall–Kier alpha value is -3.09. The van der Waals surface area contributed by atoms with Crippen LogP contribution in [0.5, 0.6) is 0 Å². The van der Waals surface area contributed by atoms with Gasteiger partial charge in [0.1, 0.15) is 0 Å². The molecule has 0 aliphatic carbocycles. The van der Waals surface area contributed by atoms with Gasteiger partial charge >= 0.3 is 0 Å². The van der Waals surface area contributed by atoms with Crippen LogP contribution in [0.1, 0.15) is 23.9 Å². The zero-order chi connectivity index (χ0) is 19.2. The third-order valence-corrected chi connectivity index (χ3v) is 4.65. The molecular weight excluding hydrogens is 346 g/mol. The predicted octanol–water partition coefficient (Wildman–Crippen LogP) is 2.01. The smallest absolute Gasteiger partial charge is 0.289 e. The van der Waals surface area contributed by atoms with Crippen LogP contribution < -0.4 is 4.90 Å². The van der Waals surface area contributed by atoms with E-state index in [0.717, 1.165) is 5.69 Å². The topological polar surface area (TPSA) is 74.1 Å². The molecule has 1 saturated heterocycles. The standard InChI is InChI=1S/C20H23N3O4/c1-16(24)23(17-6-3-2-4-7-17)10-9-19(25)21-11-13-22(14-12-21)20(26)18-8-5-15-27-18/h2-8,15H,9-14H2,1H3. The molecule has 0 saturated carbocycles. The van der Waals surface area contributed by atoms with Crippen molar-refractivity contribution >= 4 is 23.4 Å². The number of furan rings is 1. The van der Waals surface area contributed by atoms with Crippen LogP contribution >= 0.6 is 0 Å². The van der Waals surface area contributed by atoms with Gasteiger partial charge in [-0.2, -0.15) is 0 Å². The number of anilines is 1. The van der Waals surface area contributed by atoms with Crippen molar-refractivity contribution in [1.29, 1.82) is 0 Å². The number of nitrogens with zero attached hydrogens (tertiary/aromatic N) is 3. The SMILES string of the molecule is CC(=O)N(CCC(=O)N1CCN(C(=O)c2ccco2)CC1)c1ccccc1. The lowest BCUT2D eigenvalue weighted by atomic mass is 10.2. The molecule has 3 amide bonds. The van der Waals surface area contributed by atoms with Gasteiger partial charge in [0.05, 0.1) is 6.26 Å². The molecule has 0 spiro atoms. The molecule has 0 unspecified atom stereocenters. The molecule has 2 heterocycles. The van der Waals surface area contributed by atoms with Gasteiger partial charge in [-0.3, -0.25) is 14.4 Å². The summed E-state index contributed by atoms with van der Waals surface area (Å²) in [6.07, 6.45) is 1.72. The van der Waals surface area contributed by atoms with Crippen LogP contribution in [-0.2, 0) is 9.59 Å². The van der Waals surface area contributed by atoms with Crippen molar-refractivity contribution < 1.29 is 18.8 Å². The van der Waals surface area contributed by atoms with Crippen molar-refractivity contribution in [2.24, 2.45) is 0 Å².